The maximum Gasteiger partial charge on any atom is 0.0117 e. The van der Waals surface area contributed by atoms with E-state index in [0.29, 0.717) is 0 Å². The number of hydrogen-bond donors (Lipinski definition) is 0. The average molecular weight is 165 g/mol. The van der Waals surface area contributed by atoms with Crippen molar-refractivity contribution in [1.29, 1.82) is 0 Å². The zero-order chi connectivity index (χ0) is 9.23. The van der Waals surface area contributed by atoms with Gasteiger partial charge in [0.15, 0.2) is 0 Å². The van der Waals surface area contributed by atoms with Crippen LogP contribution in [-0.2, 0) is 0 Å². The summed E-state index contributed by atoms with van der Waals surface area (Å²) in [6.07, 6.45) is 7.10. The highest BCUT2D eigenvalue weighted by Crippen LogP contribution is 2.15. The maximum absolute atomic E-state index is 3.70. The van der Waals surface area contributed by atoms with E-state index in [0.717, 1.165) is 18.8 Å². The van der Waals surface area contributed by atoms with Gasteiger partial charge in [0, 0.05) is 12.8 Å². The van der Waals surface area contributed by atoms with Crippen LogP contribution < -0.4 is 0 Å². The Labute approximate surface area is 77.8 Å². The van der Waals surface area contributed by atoms with Crippen molar-refractivity contribution in [1.82, 2.24) is 0 Å². The summed E-state index contributed by atoms with van der Waals surface area (Å²) in [7, 11) is 0. The van der Waals surface area contributed by atoms with Crippen molar-refractivity contribution in [3.8, 4) is 11.8 Å². The van der Waals surface area contributed by atoms with Crippen LogP contribution in [0.4, 0.5) is 0 Å². The monoisotopic (exact) mass is 165 g/mol. The van der Waals surface area contributed by atoms with E-state index >= 15 is 0 Å². The van der Waals surface area contributed by atoms with Crippen molar-refractivity contribution in [2.24, 2.45) is 5.92 Å². The van der Waals surface area contributed by atoms with Crippen LogP contribution in [0, 0.1) is 24.7 Å². The minimum Gasteiger partial charge on any atom is -0.103 e. The predicted octanol–water partition coefficient (Wildman–Crippen LogP) is 3.82. The lowest BCUT2D eigenvalue weighted by molar-refractivity contribution is 0.462. The Morgan fingerprint density at radius 2 is 2.00 bits per heavy atom. The molecule has 0 aromatic rings. The maximum atomic E-state index is 3.70. The van der Waals surface area contributed by atoms with Crippen molar-refractivity contribution in [2.75, 3.05) is 0 Å². The summed E-state index contributed by atoms with van der Waals surface area (Å²) in [6, 6.07) is 0. The lowest BCUT2D eigenvalue weighted by Crippen LogP contribution is -1.96. The molecule has 12 heavy (non-hydrogen) atoms. The number of unbranched alkanes of at least 4 members (excludes halogenated alkanes) is 1. The van der Waals surface area contributed by atoms with Crippen molar-refractivity contribution in [3.05, 3.63) is 6.92 Å². The number of rotatable bonds is 5. The third-order valence-electron chi connectivity index (χ3n) is 2.18. The molecule has 0 heterocycles. The summed E-state index contributed by atoms with van der Waals surface area (Å²) in [4.78, 5) is 0. The molecule has 1 unspecified atom stereocenters. The highest BCUT2D eigenvalue weighted by Gasteiger charge is 2.02. The Hall–Kier alpha value is -0.440. The second kappa shape index (κ2) is 8.65. The third kappa shape index (κ3) is 6.28. The molecule has 0 saturated carbocycles. The van der Waals surface area contributed by atoms with Gasteiger partial charge >= 0.3 is 0 Å². The van der Waals surface area contributed by atoms with E-state index in [9.17, 15) is 0 Å². The van der Waals surface area contributed by atoms with Crippen LogP contribution in [-0.4, -0.2) is 0 Å². The molecule has 0 nitrogen and oxygen atoms in total. The first-order valence-electron chi connectivity index (χ1n) is 5.10. The van der Waals surface area contributed by atoms with E-state index in [4.69, 9.17) is 0 Å². The molecule has 0 aliphatic rings. The van der Waals surface area contributed by atoms with E-state index in [2.05, 4.69) is 32.6 Å². The first-order valence-corrected chi connectivity index (χ1v) is 5.10. The highest BCUT2D eigenvalue weighted by atomic mass is 14.1. The SMILES string of the molecule is [CH2]CC#CCC(CC)CCCC. The molecule has 0 spiro atoms. The van der Waals surface area contributed by atoms with Gasteiger partial charge in [-0.05, 0) is 19.3 Å². The van der Waals surface area contributed by atoms with E-state index < -0.39 is 0 Å². The van der Waals surface area contributed by atoms with Crippen LogP contribution in [0.15, 0.2) is 0 Å². The van der Waals surface area contributed by atoms with E-state index in [1.807, 2.05) is 0 Å². The third-order valence-corrected chi connectivity index (χ3v) is 2.18. The molecule has 1 atom stereocenters. The Bertz CT molecular complexity index is 136. The smallest absolute Gasteiger partial charge is 0.0117 e. The summed E-state index contributed by atoms with van der Waals surface area (Å²) >= 11 is 0. The van der Waals surface area contributed by atoms with Gasteiger partial charge in [-0.2, -0.15) is 0 Å². The van der Waals surface area contributed by atoms with Crippen LogP contribution in [0.5, 0.6) is 0 Å². The van der Waals surface area contributed by atoms with Gasteiger partial charge in [0.2, 0.25) is 0 Å². The molecule has 0 amide bonds. The zero-order valence-corrected chi connectivity index (χ0v) is 8.53. The molecule has 0 aromatic carbocycles. The molecular formula is C12H21. The molecule has 0 heteroatoms. The minimum atomic E-state index is 0.754. The molecule has 0 aliphatic carbocycles. The van der Waals surface area contributed by atoms with Gasteiger partial charge in [-0.3, -0.25) is 0 Å². The quantitative estimate of drug-likeness (QED) is 0.543. The van der Waals surface area contributed by atoms with Crippen LogP contribution >= 0.6 is 0 Å². The topological polar surface area (TPSA) is 0 Å². The fourth-order valence-electron chi connectivity index (χ4n) is 1.25. The van der Waals surface area contributed by atoms with Crippen LogP contribution in [0.1, 0.15) is 52.4 Å². The van der Waals surface area contributed by atoms with Crippen molar-refractivity contribution >= 4 is 0 Å². The van der Waals surface area contributed by atoms with Crippen molar-refractivity contribution in [2.45, 2.75) is 52.4 Å². The molecule has 0 bridgehead atoms. The largest absolute Gasteiger partial charge is 0.103 e. The van der Waals surface area contributed by atoms with Gasteiger partial charge in [0.05, 0.1) is 0 Å². The molecule has 0 aromatic heterocycles. The Morgan fingerprint density at radius 3 is 2.50 bits per heavy atom. The van der Waals surface area contributed by atoms with Crippen molar-refractivity contribution < 1.29 is 0 Å². The molecule has 0 rings (SSSR count). The fourth-order valence-corrected chi connectivity index (χ4v) is 1.25. The first kappa shape index (κ1) is 11.6. The number of hydrogen-bond acceptors (Lipinski definition) is 0. The zero-order valence-electron chi connectivity index (χ0n) is 8.53. The van der Waals surface area contributed by atoms with E-state index in [-0.39, 0.29) is 0 Å². The first-order chi connectivity index (χ1) is 5.85. The van der Waals surface area contributed by atoms with Crippen molar-refractivity contribution in [3.63, 3.8) is 0 Å². The fraction of sp³-hybridized carbons (Fsp3) is 0.750. The summed E-state index contributed by atoms with van der Waals surface area (Å²) in [5.74, 6) is 7.03. The second-order valence-electron chi connectivity index (χ2n) is 3.22. The van der Waals surface area contributed by atoms with E-state index in [1.165, 1.54) is 25.7 Å². The van der Waals surface area contributed by atoms with Gasteiger partial charge in [-0.15, -0.1) is 11.8 Å². The van der Waals surface area contributed by atoms with Gasteiger partial charge in [0.25, 0.3) is 0 Å². The minimum absolute atomic E-state index is 0.754. The Morgan fingerprint density at radius 1 is 1.25 bits per heavy atom. The normalized spacial score (nSPS) is 11.9. The van der Waals surface area contributed by atoms with Crippen LogP contribution in [0.25, 0.3) is 0 Å². The van der Waals surface area contributed by atoms with Crippen LogP contribution in [0.2, 0.25) is 0 Å². The Balaban J connectivity index is 3.52. The van der Waals surface area contributed by atoms with Gasteiger partial charge in [-0.1, -0.05) is 33.1 Å². The van der Waals surface area contributed by atoms with Gasteiger partial charge in [-0.25, -0.2) is 0 Å². The van der Waals surface area contributed by atoms with Gasteiger partial charge < -0.3 is 0 Å². The molecule has 69 valence electrons. The lowest BCUT2D eigenvalue weighted by Gasteiger charge is -2.09. The lowest BCUT2D eigenvalue weighted by atomic mass is 9.96. The van der Waals surface area contributed by atoms with Crippen LogP contribution in [0.3, 0.4) is 0 Å². The second-order valence-corrected chi connectivity index (χ2v) is 3.22. The summed E-state index contributed by atoms with van der Waals surface area (Å²) in [6.45, 7) is 8.20. The Kier molecular flexibility index (Phi) is 8.34. The molecular weight excluding hydrogens is 144 g/mol. The molecule has 0 aliphatic heterocycles. The molecule has 0 saturated heterocycles. The molecule has 0 N–H and O–H groups in total. The van der Waals surface area contributed by atoms with E-state index in [1.54, 1.807) is 0 Å². The molecule has 0 fully saturated rings. The predicted molar refractivity (Wildman–Crippen MR) is 55.7 cm³/mol. The summed E-state index contributed by atoms with van der Waals surface area (Å²) in [5, 5.41) is 0. The standard InChI is InChI=1S/C12H21/c1-4-7-9-11-12(6-3)10-8-5-2/h12H,1,4-6,8,10-11H2,2-3H3. The summed E-state index contributed by atoms with van der Waals surface area (Å²) in [5.41, 5.74) is 0. The molecule has 1 radical (unpaired) electrons. The van der Waals surface area contributed by atoms with Gasteiger partial charge in [0.1, 0.15) is 0 Å². The highest BCUT2D eigenvalue weighted by molar-refractivity contribution is 5.00. The average Bonchev–Trinajstić information content (AvgIpc) is 2.11. The summed E-state index contributed by atoms with van der Waals surface area (Å²) < 4.78 is 0.